The van der Waals surface area contributed by atoms with Crippen molar-refractivity contribution in [2.75, 3.05) is 6.54 Å². The Labute approximate surface area is 119 Å². The zero-order chi connectivity index (χ0) is 14.2. The van der Waals surface area contributed by atoms with E-state index in [1.165, 1.54) is 0 Å². The van der Waals surface area contributed by atoms with Gasteiger partial charge in [-0.2, -0.15) is 0 Å². The minimum Gasteiger partial charge on any atom is -0.288 e. The van der Waals surface area contributed by atoms with Gasteiger partial charge in [0, 0.05) is 12.6 Å². The highest BCUT2D eigenvalue weighted by molar-refractivity contribution is 5.98. The third-order valence-corrected chi connectivity index (χ3v) is 2.83. The van der Waals surface area contributed by atoms with E-state index in [-0.39, 0.29) is 5.91 Å². The van der Waals surface area contributed by atoms with E-state index in [1.54, 1.807) is 6.08 Å². The van der Waals surface area contributed by atoms with Crippen molar-refractivity contribution < 1.29 is 4.79 Å². The third-order valence-electron chi connectivity index (χ3n) is 2.83. The number of nitrogens with one attached hydrogen (secondary N) is 2. The van der Waals surface area contributed by atoms with Gasteiger partial charge in [0.15, 0.2) is 0 Å². The van der Waals surface area contributed by atoms with Gasteiger partial charge in [0.1, 0.15) is 0 Å². The second kappa shape index (κ2) is 7.26. The molecule has 0 aliphatic carbocycles. The Morgan fingerprint density at radius 1 is 0.950 bits per heavy atom. The van der Waals surface area contributed by atoms with Gasteiger partial charge in [0.05, 0.1) is 0 Å². The summed E-state index contributed by atoms with van der Waals surface area (Å²) < 4.78 is 0. The summed E-state index contributed by atoms with van der Waals surface area (Å²) in [5, 5.41) is 0. The molecule has 0 unspecified atom stereocenters. The Balaban J connectivity index is 2.35. The molecule has 2 aromatic rings. The maximum absolute atomic E-state index is 11.9. The van der Waals surface area contributed by atoms with Gasteiger partial charge in [0.25, 0.3) is 5.91 Å². The van der Waals surface area contributed by atoms with Gasteiger partial charge in [0.2, 0.25) is 0 Å². The van der Waals surface area contributed by atoms with Crippen LogP contribution in [0.3, 0.4) is 0 Å². The lowest BCUT2D eigenvalue weighted by molar-refractivity contribution is -0.117. The van der Waals surface area contributed by atoms with Crippen molar-refractivity contribution in [3.63, 3.8) is 0 Å². The second-order valence-corrected chi connectivity index (χ2v) is 4.31. The highest BCUT2D eigenvalue weighted by Crippen LogP contribution is 2.22. The summed E-state index contributed by atoms with van der Waals surface area (Å²) in [6.45, 7) is 2.62. The Hall–Kier alpha value is -2.39. The molecule has 3 nitrogen and oxygen atoms in total. The molecule has 0 aliphatic heterocycles. The van der Waals surface area contributed by atoms with E-state index in [0.717, 1.165) is 16.7 Å². The van der Waals surface area contributed by atoms with Crippen LogP contribution in [0.2, 0.25) is 0 Å². The lowest BCUT2D eigenvalue weighted by Crippen LogP contribution is -2.36. The molecule has 0 heterocycles. The number of hydrogen-bond donors (Lipinski definition) is 2. The van der Waals surface area contributed by atoms with E-state index in [4.69, 9.17) is 0 Å². The van der Waals surface area contributed by atoms with E-state index in [0.29, 0.717) is 6.54 Å². The third kappa shape index (κ3) is 3.80. The fraction of sp³-hybridized carbons (Fsp3) is 0.118. The lowest BCUT2D eigenvalue weighted by atomic mass is 9.97. The molecule has 0 aromatic heterocycles. The van der Waals surface area contributed by atoms with E-state index >= 15 is 0 Å². The van der Waals surface area contributed by atoms with Crippen molar-refractivity contribution in [1.29, 1.82) is 0 Å². The van der Waals surface area contributed by atoms with Crippen LogP contribution in [-0.4, -0.2) is 12.5 Å². The van der Waals surface area contributed by atoms with Gasteiger partial charge in [-0.25, -0.2) is 5.43 Å². The minimum atomic E-state index is -0.158. The fourth-order valence-corrected chi connectivity index (χ4v) is 1.91. The molecular weight excluding hydrogens is 248 g/mol. The summed E-state index contributed by atoms with van der Waals surface area (Å²) in [5.74, 6) is -0.158. The van der Waals surface area contributed by atoms with E-state index in [1.807, 2.05) is 67.6 Å². The summed E-state index contributed by atoms with van der Waals surface area (Å²) in [7, 11) is 0. The van der Waals surface area contributed by atoms with Crippen LogP contribution in [0.5, 0.6) is 0 Å². The van der Waals surface area contributed by atoms with Crippen LogP contribution < -0.4 is 10.9 Å². The monoisotopic (exact) mass is 266 g/mol. The number of hydrazine groups is 1. The lowest BCUT2D eigenvalue weighted by Gasteiger charge is -2.09. The molecule has 2 aromatic carbocycles. The van der Waals surface area contributed by atoms with Crippen molar-refractivity contribution in [2.24, 2.45) is 0 Å². The molecule has 0 saturated heterocycles. The molecule has 20 heavy (non-hydrogen) atoms. The molecule has 0 aliphatic rings. The summed E-state index contributed by atoms with van der Waals surface area (Å²) in [5.41, 5.74) is 8.39. The Morgan fingerprint density at radius 3 is 1.90 bits per heavy atom. The van der Waals surface area contributed by atoms with Crippen LogP contribution in [0.4, 0.5) is 0 Å². The molecule has 102 valence electrons. The number of amides is 1. The molecular formula is C17H18N2O. The standard InChI is InChI=1S/C17H18N2O/c1-2-18-19-17(20)13-16(14-9-5-3-6-10-14)15-11-7-4-8-12-15/h3-13,18H,2H2,1H3,(H,19,20). The van der Waals surface area contributed by atoms with Crippen LogP contribution >= 0.6 is 0 Å². The van der Waals surface area contributed by atoms with Gasteiger partial charge in [-0.3, -0.25) is 10.2 Å². The second-order valence-electron chi connectivity index (χ2n) is 4.31. The predicted molar refractivity (Wildman–Crippen MR) is 81.8 cm³/mol. The molecule has 1 amide bonds. The molecule has 0 radical (unpaired) electrons. The number of rotatable bonds is 5. The minimum absolute atomic E-state index is 0.158. The van der Waals surface area contributed by atoms with Crippen molar-refractivity contribution in [3.8, 4) is 0 Å². The largest absolute Gasteiger partial charge is 0.288 e. The first kappa shape index (κ1) is 14.0. The Morgan fingerprint density at radius 2 is 1.45 bits per heavy atom. The molecule has 0 saturated carbocycles. The predicted octanol–water partition coefficient (Wildman–Crippen LogP) is 2.76. The van der Waals surface area contributed by atoms with Gasteiger partial charge >= 0.3 is 0 Å². The normalized spacial score (nSPS) is 9.85. The highest BCUT2D eigenvalue weighted by atomic mass is 16.2. The highest BCUT2D eigenvalue weighted by Gasteiger charge is 2.06. The molecule has 2 N–H and O–H groups in total. The molecule has 2 rings (SSSR count). The number of benzene rings is 2. The van der Waals surface area contributed by atoms with Crippen molar-refractivity contribution in [2.45, 2.75) is 6.92 Å². The first-order valence-electron chi connectivity index (χ1n) is 6.66. The van der Waals surface area contributed by atoms with Gasteiger partial charge < -0.3 is 0 Å². The van der Waals surface area contributed by atoms with E-state index in [9.17, 15) is 4.79 Å². The zero-order valence-corrected chi connectivity index (χ0v) is 11.5. The van der Waals surface area contributed by atoms with Crippen LogP contribution in [0.1, 0.15) is 18.1 Å². The number of carbonyl (C=O) groups excluding carboxylic acids is 1. The number of carbonyl (C=O) groups is 1. The maximum atomic E-state index is 11.9. The first-order valence-corrected chi connectivity index (χ1v) is 6.66. The molecule has 0 bridgehead atoms. The molecule has 0 spiro atoms. The van der Waals surface area contributed by atoms with Crippen LogP contribution in [0, 0.1) is 0 Å². The smallest absolute Gasteiger partial charge is 0.258 e. The Bertz CT molecular complexity index is 535. The van der Waals surface area contributed by atoms with E-state index in [2.05, 4.69) is 10.9 Å². The summed E-state index contributed by atoms with van der Waals surface area (Å²) in [6.07, 6.45) is 1.62. The average Bonchev–Trinajstić information content (AvgIpc) is 2.52. The van der Waals surface area contributed by atoms with Crippen molar-refractivity contribution in [3.05, 3.63) is 77.9 Å². The Kier molecular flexibility index (Phi) is 5.09. The summed E-state index contributed by atoms with van der Waals surface area (Å²) >= 11 is 0. The summed E-state index contributed by atoms with van der Waals surface area (Å²) in [6, 6.07) is 19.8. The van der Waals surface area contributed by atoms with Crippen molar-refractivity contribution >= 4 is 11.5 Å². The quantitative estimate of drug-likeness (QED) is 0.645. The molecule has 0 atom stereocenters. The maximum Gasteiger partial charge on any atom is 0.258 e. The van der Waals surface area contributed by atoms with Crippen LogP contribution in [-0.2, 0) is 4.79 Å². The fourth-order valence-electron chi connectivity index (χ4n) is 1.91. The zero-order valence-electron chi connectivity index (χ0n) is 11.5. The van der Waals surface area contributed by atoms with Gasteiger partial charge in [-0.1, -0.05) is 67.6 Å². The van der Waals surface area contributed by atoms with Gasteiger partial charge in [-0.15, -0.1) is 0 Å². The first-order chi connectivity index (χ1) is 9.81. The topological polar surface area (TPSA) is 41.1 Å². The average molecular weight is 266 g/mol. The number of hydrogen-bond acceptors (Lipinski definition) is 2. The van der Waals surface area contributed by atoms with E-state index < -0.39 is 0 Å². The van der Waals surface area contributed by atoms with Gasteiger partial charge in [-0.05, 0) is 16.7 Å². The van der Waals surface area contributed by atoms with Crippen LogP contribution in [0.25, 0.3) is 5.57 Å². The van der Waals surface area contributed by atoms with Crippen molar-refractivity contribution in [1.82, 2.24) is 10.9 Å². The SMILES string of the molecule is CCNNC(=O)C=C(c1ccccc1)c1ccccc1. The molecule has 3 heteroatoms. The summed E-state index contributed by atoms with van der Waals surface area (Å²) in [4.78, 5) is 11.9. The molecule has 0 fully saturated rings. The van der Waals surface area contributed by atoms with Crippen LogP contribution in [0.15, 0.2) is 66.7 Å².